The fourth-order valence-corrected chi connectivity index (χ4v) is 6.17. The van der Waals surface area contributed by atoms with Crippen LogP contribution in [0.2, 0.25) is 0 Å². The van der Waals surface area contributed by atoms with Crippen molar-refractivity contribution in [1.29, 1.82) is 0 Å². The van der Waals surface area contributed by atoms with Gasteiger partial charge in [-0.2, -0.15) is 4.31 Å². The summed E-state index contributed by atoms with van der Waals surface area (Å²) in [6, 6.07) is 5.64. The molecule has 2 N–H and O–H groups in total. The second-order valence-corrected chi connectivity index (χ2v) is 10.5. The van der Waals surface area contributed by atoms with E-state index in [1.165, 1.54) is 28.6 Å². The number of rotatable bonds is 7. The van der Waals surface area contributed by atoms with E-state index in [1.807, 2.05) is 7.05 Å². The smallest absolute Gasteiger partial charge is 0.243 e. The summed E-state index contributed by atoms with van der Waals surface area (Å²) in [5.74, 6) is 0.275. The van der Waals surface area contributed by atoms with E-state index >= 15 is 0 Å². The molecule has 1 aliphatic heterocycles. The van der Waals surface area contributed by atoms with Crippen molar-refractivity contribution in [1.82, 2.24) is 14.3 Å². The largest absolute Gasteiger partial charge is 0.319 e. The molecule has 1 heterocycles. The molecule has 1 aromatic rings. The first kappa shape index (κ1) is 21.6. The number of nitrogens with zero attached hydrogens (tertiary/aromatic N) is 1. The molecule has 0 radical (unpaired) electrons. The third-order valence-electron chi connectivity index (χ3n) is 4.63. The van der Waals surface area contributed by atoms with Gasteiger partial charge >= 0.3 is 0 Å². The number of halogens is 1. The molecule has 0 amide bonds. The predicted octanol–water partition coefficient (Wildman–Crippen LogP) is 1.17. The summed E-state index contributed by atoms with van der Waals surface area (Å²) in [7, 11) is -5.51. The Morgan fingerprint density at radius 3 is 2.46 bits per heavy atom. The van der Waals surface area contributed by atoms with E-state index in [0.29, 0.717) is 13.1 Å². The molecule has 10 heteroatoms. The molecule has 1 saturated heterocycles. The number of benzene rings is 1. The highest BCUT2D eigenvalue weighted by molar-refractivity contribution is 7.90. The van der Waals surface area contributed by atoms with Crippen LogP contribution in [0, 0.1) is 5.92 Å². The van der Waals surface area contributed by atoms with E-state index in [9.17, 15) is 16.8 Å². The summed E-state index contributed by atoms with van der Waals surface area (Å²) < 4.78 is 54.6. The van der Waals surface area contributed by atoms with Gasteiger partial charge < -0.3 is 5.32 Å². The standard InChI is InChI=1S/C16H25N3O4S2.ClH/c1-17-11-13-4-3-9-19(12-13)25(22,23)16-6-2-5-15(10-16)24(20,21)18-14-7-8-14;/h2,5-6,10,13-14,17-18H,3-4,7-9,11-12H2,1H3;1H. The number of hydrogen-bond donors (Lipinski definition) is 2. The zero-order chi connectivity index (χ0) is 18.1. The van der Waals surface area contributed by atoms with Crippen LogP contribution in [-0.2, 0) is 20.0 Å². The van der Waals surface area contributed by atoms with Crippen LogP contribution in [0.25, 0.3) is 0 Å². The highest BCUT2D eigenvalue weighted by Crippen LogP contribution is 2.26. The summed E-state index contributed by atoms with van der Waals surface area (Å²) in [4.78, 5) is 0.0422. The molecule has 1 saturated carbocycles. The van der Waals surface area contributed by atoms with Crippen molar-refractivity contribution in [3.8, 4) is 0 Å². The lowest BCUT2D eigenvalue weighted by molar-refractivity contribution is 0.263. The van der Waals surface area contributed by atoms with Crippen molar-refractivity contribution >= 4 is 32.5 Å². The van der Waals surface area contributed by atoms with Gasteiger partial charge in [-0.15, -0.1) is 12.4 Å². The van der Waals surface area contributed by atoms with Gasteiger partial charge in [-0.05, 0) is 63.4 Å². The van der Waals surface area contributed by atoms with Gasteiger partial charge in [0.1, 0.15) is 0 Å². The van der Waals surface area contributed by atoms with Gasteiger partial charge in [0.25, 0.3) is 0 Å². The van der Waals surface area contributed by atoms with Crippen molar-refractivity contribution in [2.24, 2.45) is 5.92 Å². The van der Waals surface area contributed by atoms with Crippen LogP contribution >= 0.6 is 12.4 Å². The van der Waals surface area contributed by atoms with Crippen molar-refractivity contribution in [2.75, 3.05) is 26.7 Å². The minimum Gasteiger partial charge on any atom is -0.319 e. The quantitative estimate of drug-likeness (QED) is 0.686. The molecule has 1 unspecified atom stereocenters. The SMILES string of the molecule is CNCC1CCCN(S(=O)(=O)c2cccc(S(=O)(=O)NC3CC3)c2)C1.Cl. The Morgan fingerprint density at radius 1 is 1.12 bits per heavy atom. The molecule has 1 atom stereocenters. The molecule has 2 fully saturated rings. The molecule has 0 bridgehead atoms. The van der Waals surface area contributed by atoms with E-state index in [-0.39, 0.29) is 34.2 Å². The predicted molar refractivity (Wildman–Crippen MR) is 102 cm³/mol. The van der Waals surface area contributed by atoms with E-state index in [4.69, 9.17) is 0 Å². The highest BCUT2D eigenvalue weighted by atomic mass is 35.5. The molecule has 3 rings (SSSR count). The number of sulfonamides is 2. The first-order valence-electron chi connectivity index (χ1n) is 8.60. The van der Waals surface area contributed by atoms with Crippen LogP contribution < -0.4 is 10.0 Å². The van der Waals surface area contributed by atoms with Crippen LogP contribution in [-0.4, -0.2) is 53.9 Å². The summed E-state index contributed by atoms with van der Waals surface area (Å²) in [5.41, 5.74) is 0. The average Bonchev–Trinajstić information content (AvgIpc) is 3.39. The molecule has 1 aliphatic carbocycles. The zero-order valence-electron chi connectivity index (χ0n) is 14.7. The number of piperidine rings is 1. The average molecular weight is 424 g/mol. The maximum absolute atomic E-state index is 12.9. The Hall–Kier alpha value is -0.710. The van der Waals surface area contributed by atoms with E-state index in [2.05, 4.69) is 10.0 Å². The second-order valence-electron chi connectivity index (χ2n) is 6.80. The first-order valence-corrected chi connectivity index (χ1v) is 11.5. The molecule has 7 nitrogen and oxygen atoms in total. The van der Waals surface area contributed by atoms with E-state index in [1.54, 1.807) is 0 Å². The molecular formula is C16H26ClN3O4S2. The van der Waals surface area contributed by atoms with Crippen LogP contribution in [0.4, 0.5) is 0 Å². The maximum Gasteiger partial charge on any atom is 0.243 e. The Bertz CT molecular complexity index is 824. The number of nitrogens with one attached hydrogen (secondary N) is 2. The van der Waals surface area contributed by atoms with Crippen molar-refractivity contribution in [3.05, 3.63) is 24.3 Å². The van der Waals surface area contributed by atoms with Crippen molar-refractivity contribution in [3.63, 3.8) is 0 Å². The monoisotopic (exact) mass is 423 g/mol. The van der Waals surface area contributed by atoms with Gasteiger partial charge in [-0.1, -0.05) is 6.07 Å². The van der Waals surface area contributed by atoms with Gasteiger partial charge in [0.05, 0.1) is 9.79 Å². The highest BCUT2D eigenvalue weighted by Gasteiger charge is 2.32. The molecule has 2 aliphatic rings. The van der Waals surface area contributed by atoms with E-state index < -0.39 is 20.0 Å². The minimum absolute atomic E-state index is 0. The third-order valence-corrected chi connectivity index (χ3v) is 8.01. The van der Waals surface area contributed by atoms with Gasteiger partial charge in [0, 0.05) is 19.1 Å². The molecular weight excluding hydrogens is 398 g/mol. The topological polar surface area (TPSA) is 95.6 Å². The number of hydrogen-bond acceptors (Lipinski definition) is 5. The fourth-order valence-electron chi connectivity index (χ4n) is 3.14. The fraction of sp³-hybridized carbons (Fsp3) is 0.625. The Labute approximate surface area is 162 Å². The zero-order valence-corrected chi connectivity index (χ0v) is 17.2. The third kappa shape index (κ3) is 4.96. The molecule has 1 aromatic carbocycles. The summed E-state index contributed by atoms with van der Waals surface area (Å²) in [6.07, 6.45) is 3.47. The van der Waals surface area contributed by atoms with Crippen molar-refractivity contribution in [2.45, 2.75) is 41.5 Å². The molecule has 148 valence electrons. The van der Waals surface area contributed by atoms with Gasteiger partial charge in [-0.3, -0.25) is 0 Å². The lowest BCUT2D eigenvalue weighted by atomic mass is 10.00. The molecule has 0 aromatic heterocycles. The van der Waals surface area contributed by atoms with Crippen LogP contribution in [0.3, 0.4) is 0 Å². The van der Waals surface area contributed by atoms with Crippen LogP contribution in [0.15, 0.2) is 34.1 Å². The molecule has 26 heavy (non-hydrogen) atoms. The van der Waals surface area contributed by atoms with Gasteiger partial charge in [0.15, 0.2) is 0 Å². The van der Waals surface area contributed by atoms with E-state index in [0.717, 1.165) is 32.2 Å². The molecule has 0 spiro atoms. The second kappa shape index (κ2) is 8.53. The lowest BCUT2D eigenvalue weighted by Gasteiger charge is -2.31. The first-order chi connectivity index (χ1) is 11.8. The summed E-state index contributed by atoms with van der Waals surface area (Å²) in [5, 5.41) is 3.09. The lowest BCUT2D eigenvalue weighted by Crippen LogP contribution is -2.42. The normalized spacial score (nSPS) is 22.0. The minimum atomic E-state index is -3.70. The summed E-state index contributed by atoms with van der Waals surface area (Å²) in [6.45, 7) is 1.70. The van der Waals surface area contributed by atoms with Crippen molar-refractivity contribution < 1.29 is 16.8 Å². The van der Waals surface area contributed by atoms with Crippen LogP contribution in [0.5, 0.6) is 0 Å². The Morgan fingerprint density at radius 2 is 1.81 bits per heavy atom. The van der Waals surface area contributed by atoms with Crippen LogP contribution in [0.1, 0.15) is 25.7 Å². The van der Waals surface area contributed by atoms with Gasteiger partial charge in [-0.25, -0.2) is 21.6 Å². The Balaban J connectivity index is 0.00000243. The Kier molecular flexibility index (Phi) is 7.09. The van der Waals surface area contributed by atoms with Gasteiger partial charge in [0.2, 0.25) is 20.0 Å². The summed E-state index contributed by atoms with van der Waals surface area (Å²) >= 11 is 0. The maximum atomic E-state index is 12.9.